The minimum Gasteiger partial charge on any atom is -0.493 e. The Balaban J connectivity index is 1.06. The molecule has 2 fully saturated rings. The normalized spacial score (nSPS) is 22.6. The van der Waals surface area contributed by atoms with Gasteiger partial charge >= 0.3 is 0 Å². The van der Waals surface area contributed by atoms with Gasteiger partial charge in [-0.2, -0.15) is 0 Å². The molecule has 0 bridgehead atoms. The maximum atomic E-state index is 13.0. The number of likely N-dealkylation sites (N-methyl/N-ethyl adjacent to an activating group) is 1. The predicted octanol–water partition coefficient (Wildman–Crippen LogP) is 4.68. The maximum Gasteiger partial charge on any atom is 0.226 e. The molecule has 2 aliphatic heterocycles. The monoisotopic (exact) mass is 517 g/mol. The second-order valence-corrected chi connectivity index (χ2v) is 11.4. The zero-order valence-electron chi connectivity index (χ0n) is 23.3. The van der Waals surface area contributed by atoms with Crippen LogP contribution in [0.2, 0.25) is 0 Å². The molecule has 1 amide bonds. The van der Waals surface area contributed by atoms with Gasteiger partial charge in [-0.3, -0.25) is 4.79 Å². The highest BCUT2D eigenvalue weighted by Crippen LogP contribution is 2.33. The molecule has 38 heavy (non-hydrogen) atoms. The summed E-state index contributed by atoms with van der Waals surface area (Å²) < 4.78 is 6.17. The smallest absolute Gasteiger partial charge is 0.226 e. The molecular weight excluding hydrogens is 474 g/mol. The number of aromatic nitrogens is 2. The van der Waals surface area contributed by atoms with Crippen molar-refractivity contribution >= 4 is 17.4 Å². The minimum atomic E-state index is 0.135. The third-order valence-corrected chi connectivity index (χ3v) is 8.67. The molecule has 1 aromatic carbocycles. The van der Waals surface area contributed by atoms with E-state index in [1.165, 1.54) is 16.7 Å². The van der Waals surface area contributed by atoms with Crippen molar-refractivity contribution in [1.29, 1.82) is 0 Å². The molecule has 2 aromatic rings. The molecule has 0 radical (unpaired) electrons. The largest absolute Gasteiger partial charge is 0.493 e. The molecule has 0 saturated carbocycles. The SMILES string of the molecule is CCc1cnc(N2CCC(COc3ccc(C4=CCC(C(=O)N5CC[C@@H](N(C)C)C5)CC4)cc3)CC2)nc1. The highest BCUT2D eigenvalue weighted by molar-refractivity contribution is 5.81. The van der Waals surface area contributed by atoms with Crippen molar-refractivity contribution in [2.75, 3.05) is 51.8 Å². The van der Waals surface area contributed by atoms with E-state index >= 15 is 0 Å². The third kappa shape index (κ3) is 6.37. The van der Waals surface area contributed by atoms with Crippen molar-refractivity contribution in [3.05, 3.63) is 53.9 Å². The van der Waals surface area contributed by atoms with E-state index in [4.69, 9.17) is 4.74 Å². The van der Waals surface area contributed by atoms with E-state index in [-0.39, 0.29) is 5.92 Å². The fourth-order valence-electron chi connectivity index (χ4n) is 5.92. The van der Waals surface area contributed by atoms with E-state index in [0.29, 0.717) is 17.9 Å². The number of carbonyl (C=O) groups excluding carboxylic acids is 1. The Morgan fingerprint density at radius 1 is 1.03 bits per heavy atom. The molecule has 3 heterocycles. The summed E-state index contributed by atoms with van der Waals surface area (Å²) in [5.41, 5.74) is 3.78. The van der Waals surface area contributed by atoms with Crippen molar-refractivity contribution in [3.63, 3.8) is 0 Å². The standard InChI is InChI=1S/C31H43N5O2/c1-4-23-19-32-31(33-20-23)35-16-13-24(14-17-35)22-38-29-11-9-26(10-12-29)25-5-7-27(8-6-25)30(37)36-18-15-28(21-36)34(2)3/h5,9-12,19-20,24,27-28H,4,6-8,13-18,21-22H2,1-3H3/t27?,28-/m1/s1. The van der Waals surface area contributed by atoms with Crippen molar-refractivity contribution < 1.29 is 9.53 Å². The molecule has 2 atom stereocenters. The number of anilines is 1. The van der Waals surface area contributed by atoms with Crippen LogP contribution in [0, 0.1) is 11.8 Å². The first-order valence-corrected chi connectivity index (χ1v) is 14.4. The van der Waals surface area contributed by atoms with Gasteiger partial charge in [0.2, 0.25) is 11.9 Å². The fourth-order valence-corrected chi connectivity index (χ4v) is 5.92. The zero-order valence-corrected chi connectivity index (χ0v) is 23.3. The molecular formula is C31H43N5O2. The highest BCUT2D eigenvalue weighted by atomic mass is 16.5. The molecule has 204 valence electrons. The number of carbonyl (C=O) groups is 1. The average Bonchev–Trinajstić information content (AvgIpc) is 3.47. The van der Waals surface area contributed by atoms with Crippen LogP contribution in [-0.4, -0.2) is 78.6 Å². The van der Waals surface area contributed by atoms with Gasteiger partial charge in [0.15, 0.2) is 0 Å². The van der Waals surface area contributed by atoms with Gasteiger partial charge in [-0.1, -0.05) is 25.1 Å². The first kappa shape index (κ1) is 26.7. The number of allylic oxidation sites excluding steroid dienone is 2. The van der Waals surface area contributed by atoms with Crippen molar-refractivity contribution in [1.82, 2.24) is 19.8 Å². The third-order valence-electron chi connectivity index (χ3n) is 8.67. The van der Waals surface area contributed by atoms with Crippen molar-refractivity contribution in [2.45, 2.75) is 57.9 Å². The van der Waals surface area contributed by atoms with E-state index in [0.717, 1.165) is 89.4 Å². The molecule has 1 unspecified atom stereocenters. The molecule has 1 aromatic heterocycles. The Labute approximate surface area is 227 Å². The molecule has 7 nitrogen and oxygen atoms in total. The van der Waals surface area contributed by atoms with Gasteiger partial charge in [0, 0.05) is 50.5 Å². The molecule has 5 rings (SSSR count). The van der Waals surface area contributed by atoms with Gasteiger partial charge in [-0.05, 0) is 93.8 Å². The summed E-state index contributed by atoms with van der Waals surface area (Å²) in [6.45, 7) is 6.60. The van der Waals surface area contributed by atoms with E-state index in [2.05, 4.69) is 76.0 Å². The molecule has 0 N–H and O–H groups in total. The lowest BCUT2D eigenvalue weighted by molar-refractivity contribution is -0.134. The van der Waals surface area contributed by atoms with Gasteiger partial charge in [0.05, 0.1) is 6.61 Å². The molecule has 3 aliphatic rings. The van der Waals surface area contributed by atoms with Crippen LogP contribution < -0.4 is 9.64 Å². The number of nitrogens with zero attached hydrogens (tertiary/aromatic N) is 5. The Bertz CT molecular complexity index is 1090. The number of hydrogen-bond donors (Lipinski definition) is 0. The first-order valence-electron chi connectivity index (χ1n) is 14.4. The van der Waals surface area contributed by atoms with Crippen LogP contribution in [-0.2, 0) is 11.2 Å². The Hall–Kier alpha value is -2.93. The summed E-state index contributed by atoms with van der Waals surface area (Å²) in [6, 6.07) is 9.03. The van der Waals surface area contributed by atoms with Crippen LogP contribution in [0.5, 0.6) is 5.75 Å². The van der Waals surface area contributed by atoms with E-state index < -0.39 is 0 Å². The van der Waals surface area contributed by atoms with Crippen LogP contribution in [0.15, 0.2) is 42.7 Å². The van der Waals surface area contributed by atoms with Crippen LogP contribution >= 0.6 is 0 Å². The van der Waals surface area contributed by atoms with Gasteiger partial charge < -0.3 is 19.4 Å². The lowest BCUT2D eigenvalue weighted by Crippen LogP contribution is -2.38. The lowest BCUT2D eigenvalue weighted by Gasteiger charge is -2.31. The Morgan fingerprint density at radius 2 is 1.76 bits per heavy atom. The Kier molecular flexibility index (Phi) is 8.62. The second-order valence-electron chi connectivity index (χ2n) is 11.4. The number of likely N-dealkylation sites (tertiary alicyclic amines) is 1. The van der Waals surface area contributed by atoms with Gasteiger partial charge in [0.25, 0.3) is 0 Å². The maximum absolute atomic E-state index is 13.0. The minimum absolute atomic E-state index is 0.135. The summed E-state index contributed by atoms with van der Waals surface area (Å²) in [6.07, 6.45) is 13.2. The summed E-state index contributed by atoms with van der Waals surface area (Å²) in [5, 5.41) is 0. The fraction of sp³-hybridized carbons (Fsp3) is 0.581. The molecule has 0 spiro atoms. The van der Waals surface area contributed by atoms with Crippen LogP contribution in [0.3, 0.4) is 0 Å². The predicted molar refractivity (Wildman–Crippen MR) is 152 cm³/mol. The van der Waals surface area contributed by atoms with Crippen LogP contribution in [0.1, 0.15) is 56.6 Å². The molecule has 2 saturated heterocycles. The number of amides is 1. The number of benzene rings is 1. The van der Waals surface area contributed by atoms with Crippen LogP contribution in [0.4, 0.5) is 5.95 Å². The van der Waals surface area contributed by atoms with Crippen LogP contribution in [0.25, 0.3) is 5.57 Å². The molecule has 7 heteroatoms. The van der Waals surface area contributed by atoms with E-state index in [1.807, 2.05) is 12.4 Å². The number of aryl methyl sites for hydroxylation is 1. The van der Waals surface area contributed by atoms with E-state index in [1.54, 1.807) is 0 Å². The summed E-state index contributed by atoms with van der Waals surface area (Å²) in [7, 11) is 4.22. The van der Waals surface area contributed by atoms with Crippen molar-refractivity contribution in [3.8, 4) is 5.75 Å². The topological polar surface area (TPSA) is 61.8 Å². The van der Waals surface area contributed by atoms with Gasteiger partial charge in [0.1, 0.15) is 5.75 Å². The summed E-state index contributed by atoms with van der Waals surface area (Å²) in [5.74, 6) is 2.82. The highest BCUT2D eigenvalue weighted by Gasteiger charge is 2.32. The summed E-state index contributed by atoms with van der Waals surface area (Å²) >= 11 is 0. The number of hydrogen-bond acceptors (Lipinski definition) is 6. The van der Waals surface area contributed by atoms with Crippen molar-refractivity contribution in [2.24, 2.45) is 11.8 Å². The zero-order chi connectivity index (χ0) is 26.5. The number of ether oxygens (including phenoxy) is 1. The molecule has 1 aliphatic carbocycles. The first-order chi connectivity index (χ1) is 18.5. The number of piperidine rings is 1. The van der Waals surface area contributed by atoms with Gasteiger partial charge in [-0.15, -0.1) is 0 Å². The van der Waals surface area contributed by atoms with Gasteiger partial charge in [-0.25, -0.2) is 9.97 Å². The quantitative estimate of drug-likeness (QED) is 0.507. The average molecular weight is 518 g/mol. The Morgan fingerprint density at radius 3 is 2.37 bits per heavy atom. The lowest BCUT2D eigenvalue weighted by atomic mass is 9.86. The number of rotatable bonds is 8. The summed E-state index contributed by atoms with van der Waals surface area (Å²) in [4.78, 5) is 28.7. The second kappa shape index (κ2) is 12.3. The van der Waals surface area contributed by atoms with E-state index in [9.17, 15) is 4.79 Å².